The molecular formula is C24H27N3O3. The van der Waals surface area contributed by atoms with Gasteiger partial charge in [-0.3, -0.25) is 14.4 Å². The minimum Gasteiger partial charge on any atom is -0.354 e. The van der Waals surface area contributed by atoms with Crippen molar-refractivity contribution < 1.29 is 14.4 Å². The Morgan fingerprint density at radius 2 is 1.90 bits per heavy atom. The maximum Gasteiger partial charge on any atom is 0.245 e. The number of amides is 3. The van der Waals surface area contributed by atoms with E-state index in [1.54, 1.807) is 4.90 Å². The van der Waals surface area contributed by atoms with Gasteiger partial charge in [0.25, 0.3) is 0 Å². The minimum absolute atomic E-state index is 0.0245. The Bertz CT molecular complexity index is 954. The van der Waals surface area contributed by atoms with Crippen LogP contribution in [-0.2, 0) is 20.8 Å². The molecule has 30 heavy (non-hydrogen) atoms. The Morgan fingerprint density at radius 1 is 1.10 bits per heavy atom. The van der Waals surface area contributed by atoms with Crippen LogP contribution in [0.25, 0.3) is 11.1 Å². The molecule has 3 amide bonds. The third-order valence-electron chi connectivity index (χ3n) is 5.89. The normalized spacial score (nSPS) is 21.7. The molecule has 0 unspecified atom stereocenters. The van der Waals surface area contributed by atoms with E-state index in [9.17, 15) is 14.4 Å². The zero-order chi connectivity index (χ0) is 21.1. The zero-order valence-corrected chi connectivity index (χ0v) is 17.2. The molecule has 2 aromatic rings. The number of benzene rings is 2. The van der Waals surface area contributed by atoms with Gasteiger partial charge in [0.05, 0.1) is 5.92 Å². The highest BCUT2D eigenvalue weighted by molar-refractivity contribution is 5.91. The highest BCUT2D eigenvalue weighted by atomic mass is 16.2. The second kappa shape index (κ2) is 8.69. The van der Waals surface area contributed by atoms with Gasteiger partial charge >= 0.3 is 0 Å². The van der Waals surface area contributed by atoms with E-state index < -0.39 is 6.04 Å². The summed E-state index contributed by atoms with van der Waals surface area (Å²) in [6.07, 6.45) is 1.49. The molecule has 0 aromatic heterocycles. The van der Waals surface area contributed by atoms with Crippen LogP contribution in [0.1, 0.15) is 24.0 Å². The Hall–Kier alpha value is -3.15. The molecule has 0 aliphatic carbocycles. The van der Waals surface area contributed by atoms with Crippen LogP contribution in [-0.4, -0.2) is 48.3 Å². The number of aryl methyl sites for hydroxylation is 1. The third kappa shape index (κ3) is 4.53. The van der Waals surface area contributed by atoms with Gasteiger partial charge in [0.15, 0.2) is 0 Å². The van der Waals surface area contributed by atoms with E-state index in [-0.39, 0.29) is 23.6 Å². The molecule has 2 N–H and O–H groups in total. The molecule has 2 aromatic carbocycles. The average molecular weight is 405 g/mol. The Labute approximate surface area is 176 Å². The topological polar surface area (TPSA) is 78.5 Å². The first-order chi connectivity index (χ1) is 14.5. The first-order valence-corrected chi connectivity index (χ1v) is 10.5. The Balaban J connectivity index is 1.44. The van der Waals surface area contributed by atoms with Crippen LogP contribution in [0, 0.1) is 12.8 Å². The first kappa shape index (κ1) is 20.1. The quantitative estimate of drug-likeness (QED) is 0.817. The molecule has 0 bridgehead atoms. The van der Waals surface area contributed by atoms with Crippen molar-refractivity contribution in [2.24, 2.45) is 5.92 Å². The summed E-state index contributed by atoms with van der Waals surface area (Å²) < 4.78 is 0. The smallest absolute Gasteiger partial charge is 0.245 e. The summed E-state index contributed by atoms with van der Waals surface area (Å²) in [5, 5.41) is 5.66. The Kier molecular flexibility index (Phi) is 5.84. The van der Waals surface area contributed by atoms with Crippen LogP contribution < -0.4 is 10.6 Å². The van der Waals surface area contributed by atoms with Crippen molar-refractivity contribution in [3.05, 3.63) is 59.7 Å². The fourth-order valence-electron chi connectivity index (χ4n) is 4.22. The van der Waals surface area contributed by atoms with E-state index in [1.807, 2.05) is 6.07 Å². The number of nitrogens with zero attached hydrogens (tertiary/aromatic N) is 1. The second-order valence-corrected chi connectivity index (χ2v) is 8.20. The van der Waals surface area contributed by atoms with Crippen LogP contribution in [0.4, 0.5) is 0 Å². The van der Waals surface area contributed by atoms with E-state index in [4.69, 9.17) is 0 Å². The van der Waals surface area contributed by atoms with Crippen LogP contribution >= 0.6 is 0 Å². The summed E-state index contributed by atoms with van der Waals surface area (Å²) in [4.78, 5) is 38.6. The van der Waals surface area contributed by atoms with Gasteiger partial charge in [-0.1, -0.05) is 54.1 Å². The predicted molar refractivity (Wildman–Crippen MR) is 115 cm³/mol. The SMILES string of the molecule is Cc1cccc(-c2ccc(C[C@H]3CN(C(=O)[C@H]4CCC(=O)N4)CCNC3=O)cc2)c1. The van der Waals surface area contributed by atoms with E-state index in [0.717, 1.165) is 11.1 Å². The molecule has 0 spiro atoms. The molecule has 2 saturated heterocycles. The minimum atomic E-state index is -0.458. The largest absolute Gasteiger partial charge is 0.354 e. The van der Waals surface area contributed by atoms with Crippen molar-refractivity contribution in [3.8, 4) is 11.1 Å². The van der Waals surface area contributed by atoms with Crippen molar-refractivity contribution in [3.63, 3.8) is 0 Å². The zero-order valence-electron chi connectivity index (χ0n) is 17.2. The van der Waals surface area contributed by atoms with E-state index in [1.165, 1.54) is 11.1 Å². The van der Waals surface area contributed by atoms with Crippen LogP contribution in [0.5, 0.6) is 0 Å². The summed E-state index contributed by atoms with van der Waals surface area (Å²) in [5.41, 5.74) is 4.59. The number of hydrogen-bond acceptors (Lipinski definition) is 3. The van der Waals surface area contributed by atoms with Gasteiger partial charge in [0, 0.05) is 26.1 Å². The van der Waals surface area contributed by atoms with E-state index in [2.05, 4.69) is 60.0 Å². The monoisotopic (exact) mass is 405 g/mol. The summed E-state index contributed by atoms with van der Waals surface area (Å²) in [6, 6.07) is 16.2. The highest BCUT2D eigenvalue weighted by Gasteiger charge is 2.34. The molecule has 0 radical (unpaired) electrons. The van der Waals surface area contributed by atoms with Gasteiger partial charge in [-0.2, -0.15) is 0 Å². The van der Waals surface area contributed by atoms with Gasteiger partial charge in [-0.05, 0) is 36.5 Å². The number of nitrogens with one attached hydrogen (secondary N) is 2. The molecule has 2 heterocycles. The molecule has 2 atom stereocenters. The highest BCUT2D eigenvalue weighted by Crippen LogP contribution is 2.22. The van der Waals surface area contributed by atoms with Gasteiger partial charge in [0.1, 0.15) is 6.04 Å². The number of hydrogen-bond donors (Lipinski definition) is 2. The maximum atomic E-state index is 12.8. The number of carbonyl (C=O) groups is 3. The van der Waals surface area contributed by atoms with Crippen molar-refractivity contribution in [2.75, 3.05) is 19.6 Å². The molecule has 2 aliphatic rings. The molecule has 6 heteroatoms. The summed E-state index contributed by atoms with van der Waals surface area (Å²) >= 11 is 0. The van der Waals surface area contributed by atoms with Crippen molar-refractivity contribution in [1.29, 1.82) is 0 Å². The van der Waals surface area contributed by atoms with Gasteiger partial charge in [-0.15, -0.1) is 0 Å². The van der Waals surface area contributed by atoms with Crippen LogP contribution in [0.15, 0.2) is 48.5 Å². The number of carbonyl (C=O) groups excluding carboxylic acids is 3. The molecule has 6 nitrogen and oxygen atoms in total. The molecular weight excluding hydrogens is 378 g/mol. The summed E-state index contributed by atoms with van der Waals surface area (Å²) in [5.74, 6) is -0.498. The second-order valence-electron chi connectivity index (χ2n) is 8.20. The lowest BCUT2D eigenvalue weighted by Gasteiger charge is -2.26. The lowest BCUT2D eigenvalue weighted by molar-refractivity contribution is -0.135. The van der Waals surface area contributed by atoms with Crippen molar-refractivity contribution in [1.82, 2.24) is 15.5 Å². The summed E-state index contributed by atoms with van der Waals surface area (Å²) in [7, 11) is 0. The lowest BCUT2D eigenvalue weighted by atomic mass is 9.95. The lowest BCUT2D eigenvalue weighted by Crippen LogP contribution is -2.46. The standard InChI is InChI=1S/C24H27N3O3/c1-16-3-2-4-19(13-16)18-7-5-17(6-8-18)14-20-15-27(12-11-25-23(20)29)24(30)21-9-10-22(28)26-21/h2-8,13,20-21H,9-12,14-15H2,1H3,(H,25,29)(H,26,28)/t20-,21+/m0/s1. The van der Waals surface area contributed by atoms with Crippen molar-refractivity contribution in [2.45, 2.75) is 32.2 Å². The fraction of sp³-hybridized carbons (Fsp3) is 0.375. The predicted octanol–water partition coefficient (Wildman–Crippen LogP) is 2.06. The molecule has 2 fully saturated rings. The number of rotatable bonds is 4. The average Bonchev–Trinajstić information content (AvgIpc) is 3.10. The van der Waals surface area contributed by atoms with Crippen LogP contribution in [0.3, 0.4) is 0 Å². The molecule has 4 rings (SSSR count). The fourth-order valence-corrected chi connectivity index (χ4v) is 4.22. The maximum absolute atomic E-state index is 12.8. The molecule has 0 saturated carbocycles. The Morgan fingerprint density at radius 3 is 2.60 bits per heavy atom. The van der Waals surface area contributed by atoms with E-state index >= 15 is 0 Å². The first-order valence-electron chi connectivity index (χ1n) is 10.5. The third-order valence-corrected chi connectivity index (χ3v) is 5.89. The van der Waals surface area contributed by atoms with Crippen molar-refractivity contribution >= 4 is 17.7 Å². The van der Waals surface area contributed by atoms with Gasteiger partial charge < -0.3 is 15.5 Å². The summed E-state index contributed by atoms with van der Waals surface area (Å²) in [6.45, 7) is 3.36. The molecule has 2 aliphatic heterocycles. The van der Waals surface area contributed by atoms with Crippen LogP contribution in [0.2, 0.25) is 0 Å². The van der Waals surface area contributed by atoms with E-state index in [0.29, 0.717) is 38.9 Å². The molecule has 156 valence electrons. The van der Waals surface area contributed by atoms with Gasteiger partial charge in [-0.25, -0.2) is 0 Å². The van der Waals surface area contributed by atoms with Gasteiger partial charge in [0.2, 0.25) is 17.7 Å².